The molecule has 1 rings (SSSR count). The smallest absolute Gasteiger partial charge is 0.104 e. The van der Waals surface area contributed by atoms with Crippen molar-refractivity contribution in [2.75, 3.05) is 21.1 Å². The van der Waals surface area contributed by atoms with Crippen LogP contribution in [0.3, 0.4) is 0 Å². The molecule has 0 saturated carbocycles. The van der Waals surface area contributed by atoms with E-state index in [0.29, 0.717) is 6.42 Å². The van der Waals surface area contributed by atoms with Gasteiger partial charge >= 0.3 is 0 Å². The minimum atomic E-state index is -0.954. The van der Waals surface area contributed by atoms with E-state index in [0.717, 1.165) is 17.4 Å². The Bertz CT molecular complexity index is 391. The average Bonchev–Trinajstić information content (AvgIpc) is 2.28. The van der Waals surface area contributed by atoms with E-state index in [-0.39, 0.29) is 0 Å². The topological polar surface area (TPSA) is 40.1 Å². The second-order valence-corrected chi connectivity index (χ2v) is 6.86. The van der Waals surface area contributed by atoms with Gasteiger partial charge in [-0.05, 0) is 6.42 Å². The molecular formula is C17H29NO2. The van der Waals surface area contributed by atoms with Gasteiger partial charge in [0.25, 0.3) is 0 Å². The van der Waals surface area contributed by atoms with Gasteiger partial charge in [-0.3, -0.25) is 0 Å². The molecule has 1 aromatic carbocycles. The first kappa shape index (κ1) is 18.7. The van der Waals surface area contributed by atoms with Crippen LogP contribution in [0.15, 0.2) is 30.3 Å². The largest absolute Gasteiger partial charge is 0.550 e. The van der Waals surface area contributed by atoms with Crippen molar-refractivity contribution in [3.8, 4) is 0 Å². The summed E-state index contributed by atoms with van der Waals surface area (Å²) in [6.45, 7) is 6.43. The molecule has 3 nitrogen and oxygen atoms in total. The van der Waals surface area contributed by atoms with E-state index in [1.165, 1.54) is 5.56 Å². The molecule has 0 amide bonds. The Morgan fingerprint density at radius 3 is 1.95 bits per heavy atom. The first-order chi connectivity index (χ1) is 9.08. The molecule has 0 saturated heterocycles. The number of carboxylic acids is 1. The zero-order valence-electron chi connectivity index (χ0n) is 13.8. The maximum absolute atomic E-state index is 10.3. The van der Waals surface area contributed by atoms with E-state index in [2.05, 4.69) is 51.5 Å². The summed E-state index contributed by atoms with van der Waals surface area (Å²) in [5.41, 5.74) is 0.759. The lowest BCUT2D eigenvalue weighted by molar-refractivity contribution is -0.884. The third kappa shape index (κ3) is 8.70. The number of quaternary nitrogens is 1. The SMILES string of the molecule is CCCC(C)(C)C(=O)[O-].C[N+](C)(C)Cc1ccccc1. The minimum Gasteiger partial charge on any atom is -0.550 e. The summed E-state index contributed by atoms with van der Waals surface area (Å²) in [6, 6.07) is 10.6. The van der Waals surface area contributed by atoms with Crippen LogP contribution in [0, 0.1) is 5.41 Å². The Morgan fingerprint density at radius 2 is 1.65 bits per heavy atom. The van der Waals surface area contributed by atoms with Crippen LogP contribution in [0.2, 0.25) is 0 Å². The lowest BCUT2D eigenvalue weighted by Gasteiger charge is -2.24. The van der Waals surface area contributed by atoms with Gasteiger partial charge in [0.2, 0.25) is 0 Å². The molecule has 0 radical (unpaired) electrons. The summed E-state index contributed by atoms with van der Waals surface area (Å²) in [6.07, 6.45) is 1.58. The van der Waals surface area contributed by atoms with Crippen LogP contribution < -0.4 is 5.11 Å². The Morgan fingerprint density at radius 1 is 1.15 bits per heavy atom. The van der Waals surface area contributed by atoms with Crippen molar-refractivity contribution in [3.05, 3.63) is 35.9 Å². The summed E-state index contributed by atoms with van der Waals surface area (Å²) >= 11 is 0. The number of aliphatic carboxylic acids is 1. The number of benzene rings is 1. The predicted octanol–water partition coefficient (Wildman–Crippen LogP) is 2.46. The lowest BCUT2D eigenvalue weighted by atomic mass is 9.88. The van der Waals surface area contributed by atoms with E-state index in [4.69, 9.17) is 0 Å². The summed E-state index contributed by atoms with van der Waals surface area (Å²) in [5.74, 6) is -0.954. The highest BCUT2D eigenvalue weighted by molar-refractivity contribution is 5.71. The van der Waals surface area contributed by atoms with Crippen LogP contribution in [0.5, 0.6) is 0 Å². The van der Waals surface area contributed by atoms with Gasteiger partial charge in [-0.1, -0.05) is 57.5 Å². The average molecular weight is 279 g/mol. The molecule has 114 valence electrons. The standard InChI is InChI=1S/C10H16N.C7H14O2/c1-11(2,3)9-10-7-5-4-6-8-10;1-4-5-7(2,3)6(8)9/h4-8H,9H2,1-3H3;4-5H2,1-3H3,(H,8,9)/q+1;/p-1. The van der Waals surface area contributed by atoms with Gasteiger partial charge in [-0.25, -0.2) is 0 Å². The number of hydrogen-bond acceptors (Lipinski definition) is 2. The molecule has 0 bridgehead atoms. The number of carboxylic acid groups (broad SMARTS) is 1. The maximum Gasteiger partial charge on any atom is 0.104 e. The predicted molar refractivity (Wildman–Crippen MR) is 81.9 cm³/mol. The maximum atomic E-state index is 10.3. The second-order valence-electron chi connectivity index (χ2n) is 6.86. The first-order valence-electron chi connectivity index (χ1n) is 7.14. The van der Waals surface area contributed by atoms with Crippen molar-refractivity contribution in [3.63, 3.8) is 0 Å². The van der Waals surface area contributed by atoms with Crippen molar-refractivity contribution in [1.29, 1.82) is 0 Å². The molecule has 0 spiro atoms. The number of carbonyl (C=O) groups excluding carboxylic acids is 1. The number of carbonyl (C=O) groups is 1. The quantitative estimate of drug-likeness (QED) is 0.777. The van der Waals surface area contributed by atoms with Crippen LogP contribution >= 0.6 is 0 Å². The van der Waals surface area contributed by atoms with Crippen LogP contribution in [-0.4, -0.2) is 31.6 Å². The Balaban J connectivity index is 0.000000370. The molecule has 0 fully saturated rings. The van der Waals surface area contributed by atoms with Gasteiger partial charge < -0.3 is 14.4 Å². The van der Waals surface area contributed by atoms with Crippen molar-refractivity contribution in [2.45, 2.75) is 40.2 Å². The normalized spacial score (nSPS) is 11.5. The zero-order chi connectivity index (χ0) is 15.8. The van der Waals surface area contributed by atoms with Gasteiger partial charge in [-0.15, -0.1) is 0 Å². The summed E-state index contributed by atoms with van der Waals surface area (Å²) in [4.78, 5) is 10.3. The van der Waals surface area contributed by atoms with Gasteiger partial charge in [0.05, 0.1) is 21.1 Å². The summed E-state index contributed by atoms with van der Waals surface area (Å²) in [7, 11) is 6.60. The summed E-state index contributed by atoms with van der Waals surface area (Å²) in [5, 5.41) is 10.3. The molecular weight excluding hydrogens is 250 g/mol. The molecule has 0 aliphatic heterocycles. The van der Waals surface area contributed by atoms with E-state index in [1.807, 2.05) is 6.92 Å². The first-order valence-corrected chi connectivity index (χ1v) is 7.14. The highest BCUT2D eigenvalue weighted by atomic mass is 16.4. The Kier molecular flexibility index (Phi) is 7.51. The number of rotatable bonds is 5. The van der Waals surface area contributed by atoms with Crippen LogP contribution in [0.25, 0.3) is 0 Å². The molecule has 20 heavy (non-hydrogen) atoms. The number of hydrogen-bond donors (Lipinski definition) is 0. The van der Waals surface area contributed by atoms with Crippen LogP contribution in [-0.2, 0) is 11.3 Å². The van der Waals surface area contributed by atoms with Gasteiger partial charge in [0, 0.05) is 16.9 Å². The fourth-order valence-corrected chi connectivity index (χ4v) is 1.86. The highest BCUT2D eigenvalue weighted by Gasteiger charge is 2.16. The molecule has 0 aromatic heterocycles. The fourth-order valence-electron chi connectivity index (χ4n) is 1.86. The molecule has 0 atom stereocenters. The van der Waals surface area contributed by atoms with Crippen LogP contribution in [0.4, 0.5) is 0 Å². The molecule has 0 unspecified atom stereocenters. The van der Waals surface area contributed by atoms with Gasteiger partial charge in [0.1, 0.15) is 6.54 Å². The molecule has 0 heterocycles. The zero-order valence-corrected chi connectivity index (χ0v) is 13.8. The monoisotopic (exact) mass is 279 g/mol. The molecule has 1 aromatic rings. The molecule has 0 aliphatic rings. The third-order valence-electron chi connectivity index (χ3n) is 2.93. The highest BCUT2D eigenvalue weighted by Crippen LogP contribution is 2.20. The number of nitrogens with zero attached hydrogens (tertiary/aromatic N) is 1. The van der Waals surface area contributed by atoms with Crippen molar-refractivity contribution in [2.24, 2.45) is 5.41 Å². The van der Waals surface area contributed by atoms with Gasteiger partial charge in [-0.2, -0.15) is 0 Å². The Labute approximate surface area is 123 Å². The van der Waals surface area contributed by atoms with Gasteiger partial charge in [0.15, 0.2) is 0 Å². The Hall–Kier alpha value is -1.35. The second kappa shape index (κ2) is 8.05. The lowest BCUT2D eigenvalue weighted by Crippen LogP contribution is -2.37. The van der Waals surface area contributed by atoms with E-state index >= 15 is 0 Å². The van der Waals surface area contributed by atoms with Crippen molar-refractivity contribution < 1.29 is 14.4 Å². The fraction of sp³-hybridized carbons (Fsp3) is 0.588. The van der Waals surface area contributed by atoms with Crippen LogP contribution in [0.1, 0.15) is 39.2 Å². The molecule has 3 heteroatoms. The van der Waals surface area contributed by atoms with E-state index < -0.39 is 11.4 Å². The van der Waals surface area contributed by atoms with E-state index in [1.54, 1.807) is 13.8 Å². The molecule has 0 aliphatic carbocycles. The molecule has 0 N–H and O–H groups in total. The minimum absolute atomic E-state index is 0.644. The van der Waals surface area contributed by atoms with Crippen molar-refractivity contribution in [1.82, 2.24) is 0 Å². The summed E-state index contributed by atoms with van der Waals surface area (Å²) < 4.78 is 0.990. The third-order valence-corrected chi connectivity index (χ3v) is 2.93. The van der Waals surface area contributed by atoms with Crippen molar-refractivity contribution >= 4 is 5.97 Å². The van der Waals surface area contributed by atoms with E-state index in [9.17, 15) is 9.90 Å².